The van der Waals surface area contributed by atoms with Crippen LogP contribution in [0.15, 0.2) is 78.0 Å². The zero-order chi connectivity index (χ0) is 23.9. The summed E-state index contributed by atoms with van der Waals surface area (Å²) in [7, 11) is 0. The second-order valence-electron chi connectivity index (χ2n) is 8.49. The van der Waals surface area contributed by atoms with Crippen LogP contribution in [-0.4, -0.2) is 47.6 Å². The summed E-state index contributed by atoms with van der Waals surface area (Å²) in [4.78, 5) is 7.78. The maximum absolute atomic E-state index is 13.3. The highest BCUT2D eigenvalue weighted by Crippen LogP contribution is 2.22. The highest BCUT2D eigenvalue weighted by molar-refractivity contribution is 6.31. The molecule has 0 aromatic heterocycles. The Balaban J connectivity index is 1.39. The van der Waals surface area contributed by atoms with Crippen molar-refractivity contribution in [1.82, 2.24) is 4.90 Å². The zero-order valence-corrected chi connectivity index (χ0v) is 19.8. The molecule has 0 bridgehead atoms. The molecule has 1 heterocycles. The van der Waals surface area contributed by atoms with Gasteiger partial charge in [-0.25, -0.2) is 4.39 Å². The molecule has 0 radical (unpaired) electrons. The Hall–Kier alpha value is -2.93. The van der Waals surface area contributed by atoms with Crippen molar-refractivity contribution < 1.29 is 19.1 Å². The second kappa shape index (κ2) is 11.5. The number of aliphatic hydroxyl groups is 1. The van der Waals surface area contributed by atoms with Crippen LogP contribution in [0.2, 0.25) is 5.02 Å². The molecule has 3 aromatic rings. The number of hydrogen-bond acceptors (Lipinski definition) is 5. The smallest absolute Gasteiger partial charge is 0.145 e. The minimum Gasteiger partial charge on any atom is -0.491 e. The van der Waals surface area contributed by atoms with Gasteiger partial charge in [-0.15, -0.1) is 0 Å². The molecule has 0 spiro atoms. The first-order valence-corrected chi connectivity index (χ1v) is 11.7. The van der Waals surface area contributed by atoms with Gasteiger partial charge in [-0.3, -0.25) is 4.90 Å². The Kier molecular flexibility index (Phi) is 8.16. The van der Waals surface area contributed by atoms with E-state index < -0.39 is 6.10 Å². The second-order valence-corrected chi connectivity index (χ2v) is 8.90. The monoisotopic (exact) mass is 482 g/mol. The van der Waals surface area contributed by atoms with Crippen LogP contribution < -0.4 is 4.74 Å². The number of rotatable bonds is 10. The average molecular weight is 483 g/mol. The summed E-state index contributed by atoms with van der Waals surface area (Å²) in [5.41, 5.74) is 3.61. The summed E-state index contributed by atoms with van der Waals surface area (Å²) in [6.07, 6.45) is -0.298. The van der Waals surface area contributed by atoms with E-state index in [1.54, 1.807) is 12.1 Å². The SMILES string of the molecule is Cc1ccccc1OCC(O)CN(Cc1ccccc1Cl)CC1CC(c2ccc(F)cc2)=NO1. The van der Waals surface area contributed by atoms with Gasteiger partial charge in [0.1, 0.15) is 30.4 Å². The Bertz CT molecular complexity index is 1120. The first-order valence-electron chi connectivity index (χ1n) is 11.3. The molecule has 34 heavy (non-hydrogen) atoms. The summed E-state index contributed by atoms with van der Waals surface area (Å²) < 4.78 is 19.1. The molecule has 0 aliphatic carbocycles. The summed E-state index contributed by atoms with van der Waals surface area (Å²) in [5.74, 6) is 0.475. The Labute approximate surface area is 204 Å². The lowest BCUT2D eigenvalue weighted by atomic mass is 10.0. The fourth-order valence-electron chi connectivity index (χ4n) is 3.95. The van der Waals surface area contributed by atoms with Gasteiger partial charge < -0.3 is 14.7 Å². The van der Waals surface area contributed by atoms with Gasteiger partial charge in [0.2, 0.25) is 0 Å². The number of aliphatic hydroxyl groups excluding tert-OH is 1. The summed E-state index contributed by atoms with van der Waals surface area (Å²) in [6, 6.07) is 21.6. The number of para-hydroxylation sites is 1. The lowest BCUT2D eigenvalue weighted by molar-refractivity contribution is 0.0212. The van der Waals surface area contributed by atoms with E-state index in [2.05, 4.69) is 10.1 Å². The number of ether oxygens (including phenoxy) is 1. The molecule has 2 atom stereocenters. The maximum Gasteiger partial charge on any atom is 0.145 e. The van der Waals surface area contributed by atoms with Crippen LogP contribution >= 0.6 is 11.6 Å². The largest absolute Gasteiger partial charge is 0.491 e. The molecule has 2 unspecified atom stereocenters. The molecular weight excluding hydrogens is 455 g/mol. The zero-order valence-electron chi connectivity index (χ0n) is 19.0. The van der Waals surface area contributed by atoms with Crippen molar-refractivity contribution >= 4 is 17.3 Å². The highest BCUT2D eigenvalue weighted by Gasteiger charge is 2.26. The standard InChI is InChI=1S/C27H28ClFN2O3/c1-19-6-2-5-9-27(19)33-18-23(32)16-31(15-21-7-3-4-8-25(21)28)17-24-14-26(30-34-24)20-10-12-22(29)13-11-20/h2-13,23-24,32H,14-18H2,1H3. The van der Waals surface area contributed by atoms with Crippen LogP contribution in [0.4, 0.5) is 4.39 Å². The number of aryl methyl sites for hydroxylation is 1. The predicted molar refractivity (Wildman–Crippen MR) is 132 cm³/mol. The first kappa shape index (κ1) is 24.2. The van der Waals surface area contributed by atoms with Gasteiger partial charge in [0, 0.05) is 31.1 Å². The molecule has 0 amide bonds. The number of oxime groups is 1. The molecule has 1 aliphatic heterocycles. The molecule has 0 saturated carbocycles. The van der Waals surface area contributed by atoms with E-state index in [-0.39, 0.29) is 18.5 Å². The van der Waals surface area contributed by atoms with Gasteiger partial charge >= 0.3 is 0 Å². The quantitative estimate of drug-likeness (QED) is 0.430. The Morgan fingerprint density at radius 1 is 1.12 bits per heavy atom. The first-order chi connectivity index (χ1) is 16.5. The van der Waals surface area contributed by atoms with E-state index in [0.717, 1.165) is 28.2 Å². The molecule has 3 aromatic carbocycles. The van der Waals surface area contributed by atoms with Gasteiger partial charge in [-0.05, 0) is 47.9 Å². The Morgan fingerprint density at radius 2 is 1.85 bits per heavy atom. The van der Waals surface area contributed by atoms with Crippen molar-refractivity contribution in [3.63, 3.8) is 0 Å². The number of hydrogen-bond donors (Lipinski definition) is 1. The number of halogens is 2. The molecule has 1 aliphatic rings. The summed E-state index contributed by atoms with van der Waals surface area (Å²) in [6.45, 7) is 3.62. The third-order valence-electron chi connectivity index (χ3n) is 5.72. The third-order valence-corrected chi connectivity index (χ3v) is 6.09. The van der Waals surface area contributed by atoms with Crippen molar-refractivity contribution in [2.75, 3.05) is 19.7 Å². The number of nitrogens with zero attached hydrogens (tertiary/aromatic N) is 2. The highest BCUT2D eigenvalue weighted by atomic mass is 35.5. The van der Waals surface area contributed by atoms with Crippen molar-refractivity contribution in [2.24, 2.45) is 5.16 Å². The summed E-state index contributed by atoms with van der Waals surface area (Å²) >= 11 is 6.40. The lowest BCUT2D eigenvalue weighted by Gasteiger charge is -2.27. The molecule has 5 nitrogen and oxygen atoms in total. The van der Waals surface area contributed by atoms with Crippen LogP contribution in [0.5, 0.6) is 5.75 Å². The minimum absolute atomic E-state index is 0.173. The van der Waals surface area contributed by atoms with Crippen molar-refractivity contribution in [3.8, 4) is 5.75 Å². The van der Waals surface area contributed by atoms with Gasteiger partial charge in [-0.2, -0.15) is 0 Å². The van der Waals surface area contributed by atoms with Crippen molar-refractivity contribution in [2.45, 2.75) is 32.1 Å². The van der Waals surface area contributed by atoms with E-state index in [0.29, 0.717) is 31.1 Å². The van der Waals surface area contributed by atoms with E-state index in [9.17, 15) is 9.50 Å². The Morgan fingerprint density at radius 3 is 2.62 bits per heavy atom. The van der Waals surface area contributed by atoms with Crippen LogP contribution in [0.1, 0.15) is 23.1 Å². The topological polar surface area (TPSA) is 54.3 Å². The lowest BCUT2D eigenvalue weighted by Crippen LogP contribution is -2.39. The maximum atomic E-state index is 13.3. The van der Waals surface area contributed by atoms with Crippen LogP contribution in [0.25, 0.3) is 0 Å². The van der Waals surface area contributed by atoms with Crippen LogP contribution in [0, 0.1) is 12.7 Å². The fourth-order valence-corrected chi connectivity index (χ4v) is 4.15. The third kappa shape index (κ3) is 6.56. The molecule has 0 saturated heterocycles. The predicted octanol–water partition coefficient (Wildman–Crippen LogP) is 5.22. The van der Waals surface area contributed by atoms with Crippen LogP contribution in [-0.2, 0) is 11.4 Å². The van der Waals surface area contributed by atoms with Gasteiger partial charge in [0.25, 0.3) is 0 Å². The van der Waals surface area contributed by atoms with E-state index >= 15 is 0 Å². The molecule has 0 fully saturated rings. The molecule has 178 valence electrons. The number of benzene rings is 3. The van der Waals surface area contributed by atoms with Crippen molar-refractivity contribution in [1.29, 1.82) is 0 Å². The fraction of sp³-hybridized carbons (Fsp3) is 0.296. The normalized spacial score (nSPS) is 16.3. The molecule has 1 N–H and O–H groups in total. The van der Waals surface area contributed by atoms with Crippen molar-refractivity contribution in [3.05, 3.63) is 100 Å². The average Bonchev–Trinajstić information content (AvgIpc) is 3.29. The van der Waals surface area contributed by atoms with Crippen LogP contribution in [0.3, 0.4) is 0 Å². The molecule has 4 rings (SSSR count). The minimum atomic E-state index is -0.707. The van der Waals surface area contributed by atoms with Gasteiger partial charge in [-0.1, -0.05) is 65.3 Å². The van der Waals surface area contributed by atoms with E-state index in [1.807, 2.05) is 55.5 Å². The van der Waals surface area contributed by atoms with E-state index in [4.69, 9.17) is 21.2 Å². The summed E-state index contributed by atoms with van der Waals surface area (Å²) in [5, 5.41) is 15.6. The van der Waals surface area contributed by atoms with E-state index in [1.165, 1.54) is 12.1 Å². The molecular formula is C27H28ClFN2O3. The van der Waals surface area contributed by atoms with Gasteiger partial charge in [0.15, 0.2) is 0 Å². The molecule has 7 heteroatoms. The van der Waals surface area contributed by atoms with Gasteiger partial charge in [0.05, 0.1) is 5.71 Å².